The van der Waals surface area contributed by atoms with E-state index in [1.54, 1.807) is 0 Å². The summed E-state index contributed by atoms with van der Waals surface area (Å²) < 4.78 is 45.1. The number of rotatable bonds is 3. The second kappa shape index (κ2) is 5.59. The van der Waals surface area contributed by atoms with Gasteiger partial charge in [-0.3, -0.25) is 4.79 Å². The van der Waals surface area contributed by atoms with Gasteiger partial charge in [-0.1, -0.05) is 0 Å². The lowest BCUT2D eigenvalue weighted by atomic mass is 10.0. The minimum absolute atomic E-state index is 0.0434. The summed E-state index contributed by atoms with van der Waals surface area (Å²) >= 11 is 3.46. The lowest BCUT2D eigenvalue weighted by Gasteiger charge is -2.08. The Balaban J connectivity index is 2.27. The van der Waals surface area contributed by atoms with Gasteiger partial charge in [-0.2, -0.15) is 0 Å². The predicted molar refractivity (Wildman–Crippen MR) is 86.7 cm³/mol. The van der Waals surface area contributed by atoms with Crippen molar-refractivity contribution in [1.29, 1.82) is 0 Å². The van der Waals surface area contributed by atoms with Gasteiger partial charge in [-0.25, -0.2) is 12.8 Å². The highest BCUT2D eigenvalue weighted by molar-refractivity contribution is 9.10. The lowest BCUT2D eigenvalue weighted by molar-refractivity contribution is -0.141. The first kappa shape index (κ1) is 16.4. The molecule has 1 unspecified atom stereocenters. The molecule has 3 rings (SSSR count). The largest absolute Gasteiger partial charge is 0.469 e. The van der Waals surface area contributed by atoms with Crippen LogP contribution in [0.3, 0.4) is 0 Å². The number of ether oxygens (including phenoxy) is 1. The molecule has 2 aromatic rings. The van der Waals surface area contributed by atoms with Crippen LogP contribution in [0.1, 0.15) is 24.5 Å². The van der Waals surface area contributed by atoms with Crippen LogP contribution >= 0.6 is 15.9 Å². The van der Waals surface area contributed by atoms with E-state index in [-0.39, 0.29) is 23.2 Å². The number of methoxy groups -OCH3 is 1. The molecule has 8 heteroatoms. The van der Waals surface area contributed by atoms with E-state index in [0.717, 1.165) is 24.4 Å². The first-order valence-corrected chi connectivity index (χ1v) is 9.70. The zero-order valence-corrected chi connectivity index (χ0v) is 15.0. The van der Waals surface area contributed by atoms with E-state index in [9.17, 15) is 17.6 Å². The Hall–Kier alpha value is -1.41. The molecule has 5 nitrogen and oxygen atoms in total. The molecule has 1 aromatic carbocycles. The Bertz CT molecular complexity index is 919. The zero-order chi connectivity index (χ0) is 16.9. The third-order valence-corrected chi connectivity index (χ3v) is 6.12. The highest BCUT2D eigenvalue weighted by atomic mass is 79.9. The van der Waals surface area contributed by atoms with Crippen molar-refractivity contribution in [2.24, 2.45) is 0 Å². The van der Waals surface area contributed by atoms with Crippen molar-refractivity contribution in [3.05, 3.63) is 28.1 Å². The van der Waals surface area contributed by atoms with Crippen molar-refractivity contribution in [2.75, 3.05) is 13.4 Å². The third-order valence-electron chi connectivity index (χ3n) is 4.20. The van der Waals surface area contributed by atoms with E-state index in [4.69, 9.17) is 4.74 Å². The molecule has 0 saturated heterocycles. The van der Waals surface area contributed by atoms with Crippen molar-refractivity contribution in [3.8, 4) is 0 Å². The van der Waals surface area contributed by atoms with E-state index >= 15 is 0 Å². The smallest absolute Gasteiger partial charge is 0.306 e. The summed E-state index contributed by atoms with van der Waals surface area (Å²) in [6.45, 7) is 0.603. The second-order valence-corrected chi connectivity index (χ2v) is 8.46. The number of sulfone groups is 1. The van der Waals surface area contributed by atoms with E-state index in [1.807, 2.05) is 4.57 Å². The van der Waals surface area contributed by atoms with Gasteiger partial charge in [0.1, 0.15) is 5.82 Å². The Morgan fingerprint density at radius 1 is 1.48 bits per heavy atom. The van der Waals surface area contributed by atoms with E-state index in [1.165, 1.54) is 13.2 Å². The predicted octanol–water partition coefficient (Wildman–Crippen LogP) is 3.00. The third kappa shape index (κ3) is 2.67. The van der Waals surface area contributed by atoms with Crippen LogP contribution in [0.2, 0.25) is 0 Å². The molecule has 124 valence electrons. The zero-order valence-electron chi connectivity index (χ0n) is 12.6. The Morgan fingerprint density at radius 2 is 2.17 bits per heavy atom. The first-order valence-electron chi connectivity index (χ1n) is 7.02. The number of benzene rings is 1. The summed E-state index contributed by atoms with van der Waals surface area (Å²) in [6, 6.07) is 2.37. The molecule has 1 aliphatic rings. The maximum absolute atomic E-state index is 13.9. The number of halogens is 2. The van der Waals surface area contributed by atoms with Crippen LogP contribution in [0.25, 0.3) is 10.9 Å². The van der Waals surface area contributed by atoms with Crippen LogP contribution in [0, 0.1) is 5.82 Å². The lowest BCUT2D eigenvalue weighted by Crippen LogP contribution is -2.06. The van der Waals surface area contributed by atoms with Crippen LogP contribution in [-0.2, 0) is 25.9 Å². The van der Waals surface area contributed by atoms with Crippen molar-refractivity contribution in [1.82, 2.24) is 4.57 Å². The van der Waals surface area contributed by atoms with Crippen LogP contribution in [0.15, 0.2) is 21.5 Å². The minimum atomic E-state index is -3.58. The average Bonchev–Trinajstić information content (AvgIpc) is 2.98. The van der Waals surface area contributed by atoms with Crippen LogP contribution in [0.4, 0.5) is 4.39 Å². The number of aromatic nitrogens is 1. The van der Waals surface area contributed by atoms with Crippen LogP contribution in [0.5, 0.6) is 0 Å². The second-order valence-electron chi connectivity index (χ2n) is 5.69. The van der Waals surface area contributed by atoms with Crippen LogP contribution in [-0.4, -0.2) is 32.3 Å². The Morgan fingerprint density at radius 3 is 2.78 bits per heavy atom. The number of hydrogen-bond donors (Lipinski definition) is 0. The summed E-state index contributed by atoms with van der Waals surface area (Å²) in [5.74, 6) is -1.00. The number of fused-ring (bicyclic) bond motifs is 3. The summed E-state index contributed by atoms with van der Waals surface area (Å²) in [7, 11) is -2.25. The topological polar surface area (TPSA) is 65.4 Å². The highest BCUT2D eigenvalue weighted by Gasteiger charge is 2.32. The Labute approximate surface area is 141 Å². The van der Waals surface area contributed by atoms with Crippen LogP contribution < -0.4 is 0 Å². The van der Waals surface area contributed by atoms with Gasteiger partial charge < -0.3 is 9.30 Å². The fourth-order valence-electron chi connectivity index (χ4n) is 3.22. The molecule has 0 fully saturated rings. The van der Waals surface area contributed by atoms with Gasteiger partial charge in [0.25, 0.3) is 0 Å². The maximum atomic E-state index is 13.9. The van der Waals surface area contributed by atoms with Crippen molar-refractivity contribution in [2.45, 2.75) is 30.2 Å². The minimum Gasteiger partial charge on any atom is -0.469 e. The van der Waals surface area contributed by atoms with Crippen molar-refractivity contribution >= 4 is 42.6 Å². The molecule has 0 aliphatic carbocycles. The number of nitrogens with zero attached hydrogens (tertiary/aromatic N) is 1. The Kier molecular flexibility index (Phi) is 4.00. The molecule has 23 heavy (non-hydrogen) atoms. The number of esters is 1. The molecule has 0 N–H and O–H groups in total. The molecule has 1 aliphatic heterocycles. The highest BCUT2D eigenvalue weighted by Crippen LogP contribution is 2.45. The van der Waals surface area contributed by atoms with E-state index < -0.39 is 15.7 Å². The average molecular weight is 404 g/mol. The van der Waals surface area contributed by atoms with Crippen molar-refractivity contribution < 1.29 is 22.3 Å². The SMILES string of the molecule is COC(=O)CC1CCn2c1c(Br)c1c(S(C)(=O)=O)cc(F)cc12. The molecular formula is C15H15BrFNO4S. The van der Waals surface area contributed by atoms with Crippen molar-refractivity contribution in [3.63, 3.8) is 0 Å². The number of carbonyl (C=O) groups excluding carboxylic acids is 1. The summed E-state index contributed by atoms with van der Waals surface area (Å²) in [4.78, 5) is 11.5. The van der Waals surface area contributed by atoms with Gasteiger partial charge >= 0.3 is 5.97 Å². The summed E-state index contributed by atoms with van der Waals surface area (Å²) in [6.07, 6.45) is 1.99. The number of carbonyl (C=O) groups is 1. The molecule has 1 aromatic heterocycles. The molecule has 2 heterocycles. The van der Waals surface area contributed by atoms with E-state index in [0.29, 0.717) is 21.9 Å². The fourth-order valence-corrected chi connectivity index (χ4v) is 5.21. The molecule has 0 saturated carbocycles. The molecule has 1 atom stereocenters. The van der Waals surface area contributed by atoms with Gasteiger partial charge in [-0.15, -0.1) is 0 Å². The monoisotopic (exact) mass is 403 g/mol. The summed E-state index contributed by atoms with van der Waals surface area (Å²) in [5, 5.41) is 0.471. The quantitative estimate of drug-likeness (QED) is 0.738. The standard InChI is InChI=1S/C15H15BrFNO4S/c1-22-12(19)5-8-3-4-18-10-6-9(17)7-11(23(2,20)21)13(10)14(16)15(8)18/h6-8H,3-5H2,1-2H3. The van der Waals surface area contributed by atoms with Gasteiger partial charge in [0.15, 0.2) is 9.84 Å². The van der Waals surface area contributed by atoms with Gasteiger partial charge in [0, 0.05) is 34.3 Å². The van der Waals surface area contributed by atoms with E-state index in [2.05, 4.69) is 15.9 Å². The fraction of sp³-hybridized carbons (Fsp3) is 0.400. The molecular weight excluding hydrogens is 389 g/mol. The maximum Gasteiger partial charge on any atom is 0.306 e. The number of hydrogen-bond acceptors (Lipinski definition) is 4. The molecule has 0 radical (unpaired) electrons. The number of aryl methyl sites for hydroxylation is 1. The molecule has 0 amide bonds. The summed E-state index contributed by atoms with van der Waals surface area (Å²) in [5.41, 5.74) is 1.35. The normalized spacial score (nSPS) is 17.5. The van der Waals surface area contributed by atoms with Gasteiger partial charge in [-0.05, 0) is 34.5 Å². The molecule has 0 bridgehead atoms. The first-order chi connectivity index (χ1) is 10.7. The molecule has 0 spiro atoms. The van der Waals surface area contributed by atoms with Gasteiger partial charge in [0.2, 0.25) is 0 Å². The van der Waals surface area contributed by atoms with Gasteiger partial charge in [0.05, 0.1) is 23.9 Å².